The molecule has 1 aromatic carbocycles. The summed E-state index contributed by atoms with van der Waals surface area (Å²) in [7, 11) is -7.01. The first-order chi connectivity index (χ1) is 9.15. The predicted molar refractivity (Wildman–Crippen MR) is 77.1 cm³/mol. The zero-order valence-corrected chi connectivity index (χ0v) is 13.0. The minimum absolute atomic E-state index is 0.00626. The van der Waals surface area contributed by atoms with Gasteiger partial charge in [0, 0.05) is 19.6 Å². The molecule has 0 radical (unpaired) electrons. The summed E-state index contributed by atoms with van der Waals surface area (Å²) in [4.78, 5) is 0.153. The fraction of sp³-hybridized carbons (Fsp3) is 0.455. The number of sulfonamides is 2. The summed E-state index contributed by atoms with van der Waals surface area (Å²) in [6.07, 6.45) is 1.01. The van der Waals surface area contributed by atoms with Gasteiger partial charge < -0.3 is 5.73 Å². The zero-order chi connectivity index (χ0) is 15.4. The van der Waals surface area contributed by atoms with Crippen LogP contribution in [0.15, 0.2) is 23.1 Å². The molecule has 0 aliphatic carbocycles. The Morgan fingerprint density at radius 3 is 2.25 bits per heavy atom. The highest BCUT2D eigenvalue weighted by atomic mass is 32.2. The van der Waals surface area contributed by atoms with Crippen LogP contribution < -0.4 is 15.2 Å². The lowest BCUT2D eigenvalue weighted by Crippen LogP contribution is -2.34. The summed E-state index contributed by atoms with van der Waals surface area (Å²) in [5, 5.41) is 0. The Morgan fingerprint density at radius 2 is 1.70 bits per heavy atom. The maximum absolute atomic E-state index is 12.1. The van der Waals surface area contributed by atoms with E-state index in [0.29, 0.717) is 11.1 Å². The Hall–Kier alpha value is -1.00. The lowest BCUT2D eigenvalue weighted by Gasteiger charge is -2.10. The van der Waals surface area contributed by atoms with Crippen LogP contribution >= 0.6 is 0 Å². The number of benzene rings is 1. The minimum atomic E-state index is -3.68. The topological polar surface area (TPSA) is 118 Å². The third-order valence-corrected chi connectivity index (χ3v) is 4.89. The molecular formula is C11H19N3O4S2. The molecule has 0 saturated heterocycles. The van der Waals surface area contributed by atoms with Gasteiger partial charge in [-0.05, 0) is 24.1 Å². The van der Waals surface area contributed by atoms with Crippen LogP contribution in [0.3, 0.4) is 0 Å². The van der Waals surface area contributed by atoms with Crippen molar-refractivity contribution in [3.8, 4) is 0 Å². The van der Waals surface area contributed by atoms with E-state index in [1.165, 1.54) is 6.07 Å². The molecule has 4 N–H and O–H groups in total. The molecule has 1 rings (SSSR count). The van der Waals surface area contributed by atoms with Gasteiger partial charge in [-0.1, -0.05) is 12.1 Å². The number of aryl methyl sites for hydroxylation is 1. The van der Waals surface area contributed by atoms with Crippen LogP contribution in [0.1, 0.15) is 11.1 Å². The second-order valence-corrected chi connectivity index (χ2v) is 7.94. The highest BCUT2D eigenvalue weighted by molar-refractivity contribution is 7.89. The van der Waals surface area contributed by atoms with Gasteiger partial charge in [-0.25, -0.2) is 26.3 Å². The molecule has 0 aliphatic heterocycles. The Labute approximate surface area is 119 Å². The molecule has 0 saturated carbocycles. The minimum Gasteiger partial charge on any atom is -0.326 e. The maximum Gasteiger partial charge on any atom is 0.240 e. The molecule has 1 aromatic rings. The van der Waals surface area contributed by atoms with Gasteiger partial charge in [0.1, 0.15) is 0 Å². The fourth-order valence-corrected chi connectivity index (χ4v) is 3.36. The number of hydrogen-bond donors (Lipinski definition) is 3. The second-order valence-electron chi connectivity index (χ2n) is 4.37. The molecule has 0 aromatic heterocycles. The van der Waals surface area contributed by atoms with Gasteiger partial charge >= 0.3 is 0 Å². The van der Waals surface area contributed by atoms with Gasteiger partial charge in [0.2, 0.25) is 20.0 Å². The van der Waals surface area contributed by atoms with Crippen molar-refractivity contribution in [3.05, 3.63) is 29.3 Å². The van der Waals surface area contributed by atoms with Crippen LogP contribution in [0.5, 0.6) is 0 Å². The van der Waals surface area contributed by atoms with E-state index in [-0.39, 0.29) is 24.5 Å². The Bertz CT molecular complexity index is 669. The normalized spacial score (nSPS) is 12.6. The van der Waals surface area contributed by atoms with Crippen molar-refractivity contribution in [2.24, 2.45) is 5.73 Å². The summed E-state index contributed by atoms with van der Waals surface area (Å²) in [5.74, 6) is 0. The van der Waals surface area contributed by atoms with Crippen molar-refractivity contribution in [1.82, 2.24) is 9.44 Å². The average molecular weight is 321 g/mol. The molecule has 0 fully saturated rings. The van der Waals surface area contributed by atoms with Crippen LogP contribution in [0, 0.1) is 6.92 Å². The van der Waals surface area contributed by atoms with Crippen LogP contribution in [0.4, 0.5) is 0 Å². The van der Waals surface area contributed by atoms with Crippen LogP contribution in [0.25, 0.3) is 0 Å². The van der Waals surface area contributed by atoms with Gasteiger partial charge in [-0.15, -0.1) is 0 Å². The molecular weight excluding hydrogens is 302 g/mol. The molecule has 114 valence electrons. The fourth-order valence-electron chi connectivity index (χ4n) is 1.56. The third kappa shape index (κ3) is 5.17. The molecule has 9 heteroatoms. The molecule has 0 heterocycles. The first-order valence-electron chi connectivity index (χ1n) is 5.89. The molecule has 0 spiro atoms. The number of hydrogen-bond acceptors (Lipinski definition) is 5. The average Bonchev–Trinajstić information content (AvgIpc) is 2.34. The monoisotopic (exact) mass is 321 g/mol. The SMILES string of the molecule is Cc1ccc(CN)cc1S(=O)(=O)NCCNS(C)(=O)=O. The number of nitrogens with two attached hydrogens (primary N) is 1. The molecule has 0 amide bonds. The van der Waals surface area contributed by atoms with Crippen LogP contribution in [0.2, 0.25) is 0 Å². The van der Waals surface area contributed by atoms with Gasteiger partial charge in [0.15, 0.2) is 0 Å². The van der Waals surface area contributed by atoms with Crippen molar-refractivity contribution >= 4 is 20.0 Å². The molecule has 0 atom stereocenters. The molecule has 20 heavy (non-hydrogen) atoms. The van der Waals surface area contributed by atoms with Crippen LogP contribution in [-0.4, -0.2) is 36.2 Å². The standard InChI is InChI=1S/C11H19N3O4S2/c1-9-3-4-10(8-12)7-11(9)20(17,18)14-6-5-13-19(2,15)16/h3-4,7,13-14H,5-6,8,12H2,1-2H3. The zero-order valence-electron chi connectivity index (χ0n) is 11.4. The first-order valence-corrected chi connectivity index (χ1v) is 9.27. The number of rotatable bonds is 7. The molecule has 7 nitrogen and oxygen atoms in total. The predicted octanol–water partition coefficient (Wildman–Crippen LogP) is -0.719. The Kier molecular flexibility index (Phi) is 5.66. The molecule has 0 aliphatic rings. The Morgan fingerprint density at radius 1 is 1.10 bits per heavy atom. The van der Waals surface area contributed by atoms with Gasteiger partial charge in [-0.2, -0.15) is 0 Å². The summed E-state index contributed by atoms with van der Waals surface area (Å²) in [5.41, 5.74) is 6.81. The largest absolute Gasteiger partial charge is 0.326 e. The second kappa shape index (κ2) is 6.64. The first kappa shape index (κ1) is 17.1. The molecule has 0 unspecified atom stereocenters. The van der Waals surface area contributed by atoms with Gasteiger partial charge in [0.05, 0.1) is 11.2 Å². The number of nitrogens with one attached hydrogen (secondary N) is 2. The summed E-state index contributed by atoms with van der Waals surface area (Å²) >= 11 is 0. The third-order valence-electron chi connectivity index (χ3n) is 2.56. The maximum atomic E-state index is 12.1. The Balaban J connectivity index is 2.79. The van der Waals surface area contributed by atoms with E-state index in [1.54, 1.807) is 19.1 Å². The summed E-state index contributed by atoms with van der Waals surface area (Å²) in [6.45, 7) is 1.90. The van der Waals surface area contributed by atoms with E-state index in [0.717, 1.165) is 6.26 Å². The van der Waals surface area contributed by atoms with Crippen molar-refractivity contribution < 1.29 is 16.8 Å². The van der Waals surface area contributed by atoms with Gasteiger partial charge in [0.25, 0.3) is 0 Å². The smallest absolute Gasteiger partial charge is 0.240 e. The van der Waals surface area contributed by atoms with E-state index in [9.17, 15) is 16.8 Å². The van der Waals surface area contributed by atoms with E-state index in [1.807, 2.05) is 0 Å². The summed E-state index contributed by atoms with van der Waals surface area (Å²) < 4.78 is 50.5. The molecule has 0 bridgehead atoms. The quantitative estimate of drug-likeness (QED) is 0.573. The van der Waals surface area contributed by atoms with E-state index < -0.39 is 20.0 Å². The lowest BCUT2D eigenvalue weighted by atomic mass is 10.1. The van der Waals surface area contributed by atoms with Crippen molar-refractivity contribution in [2.45, 2.75) is 18.4 Å². The van der Waals surface area contributed by atoms with Crippen molar-refractivity contribution in [1.29, 1.82) is 0 Å². The van der Waals surface area contributed by atoms with Crippen molar-refractivity contribution in [3.63, 3.8) is 0 Å². The highest BCUT2D eigenvalue weighted by Gasteiger charge is 2.16. The van der Waals surface area contributed by atoms with Gasteiger partial charge in [-0.3, -0.25) is 0 Å². The summed E-state index contributed by atoms with van der Waals surface area (Å²) in [6, 6.07) is 4.97. The van der Waals surface area contributed by atoms with E-state index in [4.69, 9.17) is 5.73 Å². The lowest BCUT2D eigenvalue weighted by molar-refractivity contribution is 0.573. The van der Waals surface area contributed by atoms with Crippen molar-refractivity contribution in [2.75, 3.05) is 19.3 Å². The van der Waals surface area contributed by atoms with E-state index >= 15 is 0 Å². The van der Waals surface area contributed by atoms with E-state index in [2.05, 4.69) is 9.44 Å². The van der Waals surface area contributed by atoms with Crippen LogP contribution in [-0.2, 0) is 26.6 Å². The highest BCUT2D eigenvalue weighted by Crippen LogP contribution is 2.16.